The summed E-state index contributed by atoms with van der Waals surface area (Å²) in [5.41, 5.74) is 0.970. The number of aromatic nitrogens is 1. The zero-order valence-corrected chi connectivity index (χ0v) is 10.0. The smallest absolute Gasteiger partial charge is 0.126 e. The molecule has 0 aliphatic heterocycles. The van der Waals surface area contributed by atoms with Gasteiger partial charge in [0.1, 0.15) is 17.7 Å². The third kappa shape index (κ3) is 3.50. The Kier molecular flexibility index (Phi) is 4.06. The fourth-order valence-corrected chi connectivity index (χ4v) is 1.60. The highest BCUT2D eigenvalue weighted by Gasteiger charge is 2.08. The zero-order chi connectivity index (χ0) is 13.7. The third-order valence-electron chi connectivity index (χ3n) is 2.60. The van der Waals surface area contributed by atoms with E-state index in [-0.39, 0.29) is 12.4 Å². The second-order valence-electron chi connectivity index (χ2n) is 4.00. The van der Waals surface area contributed by atoms with Crippen LogP contribution in [0.25, 0.3) is 0 Å². The summed E-state index contributed by atoms with van der Waals surface area (Å²) < 4.78 is 13.0. The second kappa shape index (κ2) is 5.94. The monoisotopic (exact) mass is 257 g/mol. The molecule has 0 radical (unpaired) electrons. The summed E-state index contributed by atoms with van der Waals surface area (Å²) in [6.45, 7) is 0.211. The van der Waals surface area contributed by atoms with Crippen molar-refractivity contribution < 1.29 is 9.50 Å². The van der Waals surface area contributed by atoms with E-state index in [0.717, 1.165) is 0 Å². The number of aliphatic hydroxyl groups is 1. The quantitative estimate of drug-likeness (QED) is 0.881. The first-order valence-corrected chi connectivity index (χ1v) is 5.72. The van der Waals surface area contributed by atoms with E-state index in [9.17, 15) is 9.50 Å². The molecule has 1 atom stereocenters. The van der Waals surface area contributed by atoms with Crippen molar-refractivity contribution in [2.24, 2.45) is 0 Å². The Hall–Kier alpha value is -2.45. The number of hydrogen-bond donors (Lipinski definition) is 2. The van der Waals surface area contributed by atoms with Crippen molar-refractivity contribution in [3.05, 3.63) is 59.5 Å². The molecule has 0 spiro atoms. The number of rotatable bonds is 4. The molecular formula is C14H12FN3O. The average Bonchev–Trinajstić information content (AvgIpc) is 2.45. The first-order chi connectivity index (χ1) is 9.19. The van der Waals surface area contributed by atoms with Gasteiger partial charge in [0.2, 0.25) is 0 Å². The molecule has 0 fully saturated rings. The molecule has 96 valence electrons. The Morgan fingerprint density at radius 1 is 1.37 bits per heavy atom. The van der Waals surface area contributed by atoms with Crippen LogP contribution in [0, 0.1) is 17.1 Å². The molecule has 1 aromatic heterocycles. The summed E-state index contributed by atoms with van der Waals surface area (Å²) in [6.07, 6.45) is 0.616. The van der Waals surface area contributed by atoms with Gasteiger partial charge >= 0.3 is 0 Å². The molecule has 0 saturated carbocycles. The number of benzene rings is 1. The summed E-state index contributed by atoms with van der Waals surface area (Å²) in [5, 5.41) is 21.5. The third-order valence-corrected chi connectivity index (χ3v) is 2.60. The Bertz CT molecular complexity index is 592. The number of anilines is 1. The Labute approximate surface area is 110 Å². The zero-order valence-electron chi connectivity index (χ0n) is 10.0. The molecule has 1 aromatic carbocycles. The van der Waals surface area contributed by atoms with Crippen LogP contribution in [0.4, 0.5) is 10.2 Å². The Morgan fingerprint density at radius 2 is 2.21 bits per heavy atom. The van der Waals surface area contributed by atoms with Gasteiger partial charge in [0.15, 0.2) is 0 Å². The highest BCUT2D eigenvalue weighted by atomic mass is 19.1. The van der Waals surface area contributed by atoms with Gasteiger partial charge in [-0.1, -0.05) is 12.1 Å². The van der Waals surface area contributed by atoms with E-state index >= 15 is 0 Å². The van der Waals surface area contributed by atoms with Crippen molar-refractivity contribution in [1.29, 1.82) is 5.26 Å². The van der Waals surface area contributed by atoms with Crippen molar-refractivity contribution in [2.75, 3.05) is 11.9 Å². The van der Waals surface area contributed by atoms with E-state index in [4.69, 9.17) is 5.26 Å². The average molecular weight is 257 g/mol. The minimum absolute atomic E-state index is 0.211. The van der Waals surface area contributed by atoms with Crippen LogP contribution in [0.1, 0.15) is 17.2 Å². The summed E-state index contributed by atoms with van der Waals surface area (Å²) in [5.74, 6) is 0.169. The van der Waals surface area contributed by atoms with Crippen molar-refractivity contribution >= 4 is 5.82 Å². The molecule has 2 rings (SSSR count). The molecule has 2 aromatic rings. The summed E-state index contributed by atoms with van der Waals surface area (Å²) in [7, 11) is 0. The van der Waals surface area contributed by atoms with Crippen molar-refractivity contribution in [3.63, 3.8) is 0 Å². The predicted molar refractivity (Wildman–Crippen MR) is 68.8 cm³/mol. The van der Waals surface area contributed by atoms with Crippen LogP contribution in [-0.2, 0) is 0 Å². The van der Waals surface area contributed by atoms with Gasteiger partial charge in [-0.25, -0.2) is 9.37 Å². The van der Waals surface area contributed by atoms with E-state index < -0.39 is 6.10 Å². The van der Waals surface area contributed by atoms with Gasteiger partial charge < -0.3 is 10.4 Å². The summed E-state index contributed by atoms with van der Waals surface area (Å²) in [4.78, 5) is 4.01. The molecular weight excluding hydrogens is 245 g/mol. The summed E-state index contributed by atoms with van der Waals surface area (Å²) in [6, 6.07) is 11.1. The van der Waals surface area contributed by atoms with Crippen LogP contribution in [-0.4, -0.2) is 16.6 Å². The molecule has 0 bridgehead atoms. The lowest BCUT2D eigenvalue weighted by atomic mass is 10.1. The SMILES string of the molecule is N#Cc1ccc(NC[C@@H](O)c2cccc(F)c2)nc1. The minimum Gasteiger partial charge on any atom is -0.387 e. The van der Waals surface area contributed by atoms with Gasteiger partial charge in [-0.2, -0.15) is 5.26 Å². The standard InChI is InChI=1S/C14H12FN3O/c15-12-3-1-2-11(6-12)13(19)9-18-14-5-4-10(7-16)8-17-14/h1-6,8,13,19H,9H2,(H,17,18)/t13-/m1/s1. The number of hydrogen-bond acceptors (Lipinski definition) is 4. The fraction of sp³-hybridized carbons (Fsp3) is 0.143. The van der Waals surface area contributed by atoms with Gasteiger partial charge in [0.05, 0.1) is 11.7 Å². The molecule has 0 saturated heterocycles. The van der Waals surface area contributed by atoms with Crippen LogP contribution < -0.4 is 5.32 Å². The molecule has 0 unspecified atom stereocenters. The predicted octanol–water partition coefficient (Wildman–Crippen LogP) is 2.24. The van der Waals surface area contributed by atoms with Gasteiger partial charge in [-0.05, 0) is 29.8 Å². The van der Waals surface area contributed by atoms with Crippen LogP contribution >= 0.6 is 0 Å². The molecule has 5 heteroatoms. The molecule has 0 amide bonds. The minimum atomic E-state index is -0.826. The number of aliphatic hydroxyl groups excluding tert-OH is 1. The van der Waals surface area contributed by atoms with Crippen molar-refractivity contribution in [3.8, 4) is 6.07 Å². The molecule has 0 aliphatic rings. The van der Waals surface area contributed by atoms with Gasteiger partial charge in [-0.3, -0.25) is 0 Å². The van der Waals surface area contributed by atoms with E-state index in [1.54, 1.807) is 24.3 Å². The highest BCUT2D eigenvalue weighted by molar-refractivity contribution is 5.39. The van der Waals surface area contributed by atoms with Crippen LogP contribution in [0.5, 0.6) is 0 Å². The molecule has 2 N–H and O–H groups in total. The summed E-state index contributed by atoms with van der Waals surface area (Å²) >= 11 is 0. The maximum Gasteiger partial charge on any atom is 0.126 e. The van der Waals surface area contributed by atoms with E-state index in [2.05, 4.69) is 10.3 Å². The molecule has 4 nitrogen and oxygen atoms in total. The number of halogens is 1. The Morgan fingerprint density at radius 3 is 2.84 bits per heavy atom. The lowest BCUT2D eigenvalue weighted by molar-refractivity contribution is 0.191. The van der Waals surface area contributed by atoms with E-state index in [0.29, 0.717) is 16.9 Å². The maximum absolute atomic E-state index is 13.0. The van der Waals surface area contributed by atoms with Gasteiger partial charge in [-0.15, -0.1) is 0 Å². The van der Waals surface area contributed by atoms with Crippen molar-refractivity contribution in [2.45, 2.75) is 6.10 Å². The van der Waals surface area contributed by atoms with E-state index in [1.165, 1.54) is 18.3 Å². The van der Waals surface area contributed by atoms with Gasteiger partial charge in [0, 0.05) is 12.7 Å². The number of pyridine rings is 1. The molecule has 1 heterocycles. The lowest BCUT2D eigenvalue weighted by Gasteiger charge is -2.12. The van der Waals surface area contributed by atoms with Gasteiger partial charge in [0.25, 0.3) is 0 Å². The first kappa shape index (κ1) is 13.0. The van der Waals surface area contributed by atoms with Crippen molar-refractivity contribution in [1.82, 2.24) is 4.98 Å². The lowest BCUT2D eigenvalue weighted by Crippen LogP contribution is -2.13. The number of nitriles is 1. The number of nitrogens with one attached hydrogen (secondary N) is 1. The Balaban J connectivity index is 1.96. The second-order valence-corrected chi connectivity index (χ2v) is 4.00. The van der Waals surface area contributed by atoms with Crippen LogP contribution in [0.15, 0.2) is 42.6 Å². The number of nitrogens with zero attached hydrogens (tertiary/aromatic N) is 2. The first-order valence-electron chi connectivity index (χ1n) is 5.72. The maximum atomic E-state index is 13.0. The van der Waals surface area contributed by atoms with E-state index in [1.807, 2.05) is 6.07 Å². The molecule has 0 aliphatic carbocycles. The van der Waals surface area contributed by atoms with Crippen LogP contribution in [0.2, 0.25) is 0 Å². The normalized spacial score (nSPS) is 11.6. The topological polar surface area (TPSA) is 68.9 Å². The highest BCUT2D eigenvalue weighted by Crippen LogP contribution is 2.15. The molecule has 19 heavy (non-hydrogen) atoms. The largest absolute Gasteiger partial charge is 0.387 e. The fourth-order valence-electron chi connectivity index (χ4n) is 1.60. The van der Waals surface area contributed by atoms with Crippen LogP contribution in [0.3, 0.4) is 0 Å².